The topological polar surface area (TPSA) is 43.4 Å². The molecular weight excluding hydrogens is 524 g/mol. The molecule has 0 saturated heterocycles. The average molecular weight is 587 g/mol. The minimum Gasteiger partial charge on any atom is -0.262 e. The Labute approximate surface area is 255 Å². The van der Waals surface area contributed by atoms with Gasteiger partial charge in [-0.25, -0.2) is 0 Å². The number of rotatable bonds is 21. The van der Waals surface area contributed by atoms with Gasteiger partial charge in [0.1, 0.15) is 0 Å². The number of hydrogen-bond acceptors (Lipinski definition) is 3. The summed E-state index contributed by atoms with van der Waals surface area (Å²) in [6, 6.07) is 0. The third-order valence-electron chi connectivity index (χ3n) is 7.07. The zero-order valence-corrected chi connectivity index (χ0v) is 29.1. The van der Waals surface area contributed by atoms with Crippen molar-refractivity contribution in [3.8, 4) is 0 Å². The zero-order chi connectivity index (χ0) is 31.3. The lowest BCUT2D eigenvalue weighted by molar-refractivity contribution is 0.258. The summed E-state index contributed by atoms with van der Waals surface area (Å²) in [4.78, 5) is 0. The van der Waals surface area contributed by atoms with E-state index in [4.69, 9.17) is 4.18 Å². The van der Waals surface area contributed by atoms with Gasteiger partial charge in [-0.15, -0.1) is 0 Å². The fourth-order valence-corrected chi connectivity index (χ4v) is 4.98. The summed E-state index contributed by atoms with van der Waals surface area (Å²) in [7, 11) is -3.53. The summed E-state index contributed by atoms with van der Waals surface area (Å²) in [6.45, 7) is 21.1. The highest BCUT2D eigenvalue weighted by Crippen LogP contribution is 2.18. The molecule has 0 N–H and O–H groups in total. The van der Waals surface area contributed by atoms with E-state index in [2.05, 4.69) is 98.8 Å². The van der Waals surface area contributed by atoms with Gasteiger partial charge in [0.2, 0.25) is 0 Å². The van der Waals surface area contributed by atoms with Crippen LogP contribution in [0.3, 0.4) is 0 Å². The predicted molar refractivity (Wildman–Crippen MR) is 183 cm³/mol. The molecule has 0 saturated carbocycles. The predicted octanol–water partition coefficient (Wildman–Crippen LogP) is 11.7. The van der Waals surface area contributed by atoms with Crippen LogP contribution >= 0.6 is 0 Å². The highest BCUT2D eigenvalue weighted by molar-refractivity contribution is 7.86. The molecule has 0 aliphatic carbocycles. The molecule has 0 aromatic heterocycles. The van der Waals surface area contributed by atoms with Gasteiger partial charge < -0.3 is 0 Å². The number of allylic oxidation sites excluding steroid dienone is 12. The van der Waals surface area contributed by atoms with E-state index in [-0.39, 0.29) is 5.75 Å². The maximum absolute atomic E-state index is 12.2. The number of hydrogen-bond donors (Lipinski definition) is 0. The van der Waals surface area contributed by atoms with E-state index in [0.717, 1.165) is 64.2 Å². The molecule has 41 heavy (non-hydrogen) atoms. The lowest BCUT2D eigenvalue weighted by atomic mass is 10.0. The maximum Gasteiger partial charge on any atom is 0.267 e. The summed E-state index contributed by atoms with van der Waals surface area (Å²) in [5.41, 5.74) is 9.50. The molecule has 1 atom stereocenters. The normalized spacial score (nSPS) is 14.7. The lowest BCUT2D eigenvalue weighted by Crippen LogP contribution is -2.18. The van der Waals surface area contributed by atoms with Gasteiger partial charge in [0.25, 0.3) is 10.1 Å². The Morgan fingerprint density at radius 3 is 1.24 bits per heavy atom. The van der Waals surface area contributed by atoms with Gasteiger partial charge in [0.15, 0.2) is 0 Å². The molecule has 0 rings (SSSR count). The van der Waals surface area contributed by atoms with Crippen molar-refractivity contribution >= 4 is 10.1 Å². The molecule has 0 heterocycles. The molecule has 0 aromatic carbocycles. The first-order valence-corrected chi connectivity index (χ1v) is 17.3. The van der Waals surface area contributed by atoms with Gasteiger partial charge in [-0.2, -0.15) is 8.42 Å². The van der Waals surface area contributed by atoms with Crippen molar-refractivity contribution in [3.05, 3.63) is 81.5 Å². The Balaban J connectivity index is 4.95. The minimum atomic E-state index is -3.53. The first kappa shape index (κ1) is 39.1. The van der Waals surface area contributed by atoms with Crippen LogP contribution in [0.25, 0.3) is 0 Å². The van der Waals surface area contributed by atoms with Crippen LogP contribution < -0.4 is 0 Å². The molecule has 4 heteroatoms. The van der Waals surface area contributed by atoms with Crippen molar-refractivity contribution in [2.75, 3.05) is 5.75 Å². The van der Waals surface area contributed by atoms with Crippen LogP contribution in [-0.4, -0.2) is 20.3 Å². The fraction of sp³-hybridized carbons (Fsp3) is 0.622. The average Bonchev–Trinajstić information content (AvgIpc) is 2.86. The molecule has 0 fully saturated rings. The van der Waals surface area contributed by atoms with E-state index in [0.29, 0.717) is 6.42 Å². The molecular formula is C37H62O3S. The standard InChI is InChI=1S/C37H62O3S/c1-11-41(38,39)40-37(28-27-35(9)25-15-23-33(7)20-13-18-31(4)5)29-36(10)26-16-24-34(8)22-14-21-32(6)19-12-17-30(2)3/h17-18,21,23-24,27,29,37H,11-16,19-20,22,25-26,28H2,1-10H3/b32-21+,33-23?,34-24+,35-27?,36-29+. The van der Waals surface area contributed by atoms with Crippen LogP contribution in [0.2, 0.25) is 0 Å². The van der Waals surface area contributed by atoms with Crippen molar-refractivity contribution < 1.29 is 12.6 Å². The minimum absolute atomic E-state index is 0.0132. The molecule has 0 aromatic rings. The Hall–Kier alpha value is -1.91. The molecule has 0 amide bonds. The summed E-state index contributed by atoms with van der Waals surface area (Å²) in [5.74, 6) is -0.0132. The van der Waals surface area contributed by atoms with Gasteiger partial charge in [-0.1, -0.05) is 81.5 Å². The van der Waals surface area contributed by atoms with Crippen molar-refractivity contribution in [3.63, 3.8) is 0 Å². The molecule has 0 aliphatic heterocycles. The SMILES string of the molecule is CCS(=O)(=O)OC(/C=C(\C)CC/C=C(\C)CC/C=C(\C)CCC=C(C)C)CC=C(C)CCC=C(C)CCC=C(C)C. The van der Waals surface area contributed by atoms with Crippen molar-refractivity contribution in [1.29, 1.82) is 0 Å². The van der Waals surface area contributed by atoms with E-state index >= 15 is 0 Å². The summed E-state index contributed by atoms with van der Waals surface area (Å²) >= 11 is 0. The second-order valence-corrected chi connectivity index (χ2v) is 14.1. The third-order valence-corrected chi connectivity index (χ3v) is 8.32. The van der Waals surface area contributed by atoms with E-state index < -0.39 is 16.2 Å². The second-order valence-electron chi connectivity index (χ2n) is 12.2. The Morgan fingerprint density at radius 2 is 0.878 bits per heavy atom. The van der Waals surface area contributed by atoms with Gasteiger partial charge in [0.05, 0.1) is 11.9 Å². The first-order chi connectivity index (χ1) is 19.2. The van der Waals surface area contributed by atoms with Crippen molar-refractivity contribution in [2.45, 2.75) is 146 Å². The van der Waals surface area contributed by atoms with Gasteiger partial charge in [-0.05, 0) is 140 Å². The Kier molecular flexibility index (Phi) is 21.6. The van der Waals surface area contributed by atoms with Gasteiger partial charge in [-0.3, -0.25) is 4.18 Å². The lowest BCUT2D eigenvalue weighted by Gasteiger charge is -2.14. The molecule has 0 bridgehead atoms. The van der Waals surface area contributed by atoms with Crippen molar-refractivity contribution in [2.24, 2.45) is 0 Å². The van der Waals surface area contributed by atoms with Crippen molar-refractivity contribution in [1.82, 2.24) is 0 Å². The highest BCUT2D eigenvalue weighted by Gasteiger charge is 2.15. The molecule has 0 spiro atoms. The van der Waals surface area contributed by atoms with Crippen LogP contribution in [0.1, 0.15) is 140 Å². The second kappa shape index (κ2) is 22.7. The Bertz CT molecular complexity index is 1070. The smallest absolute Gasteiger partial charge is 0.262 e. The first-order valence-electron chi connectivity index (χ1n) is 15.7. The summed E-state index contributed by atoms with van der Waals surface area (Å²) in [5, 5.41) is 0. The molecule has 234 valence electrons. The van der Waals surface area contributed by atoms with E-state index in [1.165, 1.54) is 39.0 Å². The van der Waals surface area contributed by atoms with E-state index in [1.807, 2.05) is 6.08 Å². The molecule has 0 radical (unpaired) electrons. The molecule has 3 nitrogen and oxygen atoms in total. The quantitative estimate of drug-likeness (QED) is 0.0992. The van der Waals surface area contributed by atoms with Crippen LogP contribution in [0.5, 0.6) is 0 Å². The molecule has 1 unspecified atom stereocenters. The van der Waals surface area contributed by atoms with E-state index in [9.17, 15) is 8.42 Å². The third kappa shape index (κ3) is 24.4. The fourth-order valence-electron chi connectivity index (χ4n) is 4.33. The highest BCUT2D eigenvalue weighted by atomic mass is 32.2. The monoisotopic (exact) mass is 586 g/mol. The van der Waals surface area contributed by atoms with E-state index in [1.54, 1.807) is 6.92 Å². The van der Waals surface area contributed by atoms with Crippen LogP contribution in [0, 0.1) is 0 Å². The van der Waals surface area contributed by atoms with Gasteiger partial charge >= 0.3 is 0 Å². The van der Waals surface area contributed by atoms with Gasteiger partial charge in [0, 0.05) is 0 Å². The van der Waals surface area contributed by atoms with Crippen LogP contribution in [0.4, 0.5) is 0 Å². The van der Waals surface area contributed by atoms with Crippen LogP contribution in [-0.2, 0) is 14.3 Å². The van der Waals surface area contributed by atoms with Crippen LogP contribution in [0.15, 0.2) is 81.5 Å². The largest absolute Gasteiger partial charge is 0.267 e. The maximum atomic E-state index is 12.2. The summed E-state index contributed by atoms with van der Waals surface area (Å²) < 4.78 is 30.1. The summed E-state index contributed by atoms with van der Waals surface area (Å²) in [6.07, 6.45) is 26.3. The zero-order valence-electron chi connectivity index (χ0n) is 28.2. The molecule has 0 aliphatic rings. The Morgan fingerprint density at radius 1 is 0.537 bits per heavy atom.